The lowest BCUT2D eigenvalue weighted by atomic mass is 10.2. The molecule has 0 saturated carbocycles. The number of rotatable bonds is 2. The fourth-order valence-corrected chi connectivity index (χ4v) is 3.75. The van der Waals surface area contributed by atoms with Crippen molar-refractivity contribution in [3.63, 3.8) is 0 Å². The first-order chi connectivity index (χ1) is 9.31. The number of fused-ring (bicyclic) bond motifs is 1. The number of hydrogen-bond donors (Lipinski definition) is 0. The van der Waals surface area contributed by atoms with E-state index in [1.54, 1.807) is 11.3 Å². The Balaban J connectivity index is 1.93. The molecule has 0 unspecified atom stereocenters. The largest absolute Gasteiger partial charge is 0.337 e. The second-order valence-corrected chi connectivity index (χ2v) is 6.10. The maximum absolute atomic E-state index is 12.7. The summed E-state index contributed by atoms with van der Waals surface area (Å²) in [7, 11) is 0. The van der Waals surface area contributed by atoms with Gasteiger partial charge in [0.15, 0.2) is 0 Å². The zero-order chi connectivity index (χ0) is 13.2. The maximum Gasteiger partial charge on any atom is 0.270 e. The van der Waals surface area contributed by atoms with E-state index < -0.39 is 0 Å². The Morgan fingerprint density at radius 1 is 1.26 bits per heavy atom. The van der Waals surface area contributed by atoms with E-state index in [-0.39, 0.29) is 5.91 Å². The third kappa shape index (κ3) is 2.29. The molecule has 1 saturated heterocycles. The molecule has 2 aromatic rings. The molecular formula is C15H20N2OS. The first kappa shape index (κ1) is 12.7. The zero-order valence-corrected chi connectivity index (χ0v) is 12.2. The van der Waals surface area contributed by atoms with E-state index in [0.717, 1.165) is 38.2 Å². The minimum absolute atomic E-state index is 0.215. The van der Waals surface area contributed by atoms with Crippen LogP contribution in [0.15, 0.2) is 17.5 Å². The lowest BCUT2D eigenvalue weighted by molar-refractivity contribution is 0.0751. The van der Waals surface area contributed by atoms with Gasteiger partial charge in [0.2, 0.25) is 0 Å². The van der Waals surface area contributed by atoms with Crippen molar-refractivity contribution < 1.29 is 4.79 Å². The first-order valence-corrected chi connectivity index (χ1v) is 8.05. The van der Waals surface area contributed by atoms with Crippen molar-refractivity contribution in [3.8, 4) is 0 Å². The highest BCUT2D eigenvalue weighted by Gasteiger charge is 2.21. The first-order valence-electron chi connectivity index (χ1n) is 7.17. The van der Waals surface area contributed by atoms with Crippen molar-refractivity contribution in [1.82, 2.24) is 9.47 Å². The van der Waals surface area contributed by atoms with Crippen LogP contribution in [0.25, 0.3) is 10.2 Å². The van der Waals surface area contributed by atoms with Crippen LogP contribution < -0.4 is 0 Å². The average Bonchev–Trinajstić information content (AvgIpc) is 2.88. The third-order valence-corrected chi connectivity index (χ3v) is 4.80. The van der Waals surface area contributed by atoms with Crippen molar-refractivity contribution in [3.05, 3.63) is 23.2 Å². The van der Waals surface area contributed by atoms with Crippen LogP contribution in [-0.2, 0) is 6.54 Å². The molecule has 1 fully saturated rings. The summed E-state index contributed by atoms with van der Waals surface area (Å²) in [6.45, 7) is 4.80. The van der Waals surface area contributed by atoms with Gasteiger partial charge in [0.05, 0.1) is 10.2 Å². The number of hydrogen-bond acceptors (Lipinski definition) is 2. The van der Waals surface area contributed by atoms with Crippen LogP contribution in [0, 0.1) is 0 Å². The number of thiophene rings is 1. The Labute approximate surface area is 117 Å². The van der Waals surface area contributed by atoms with E-state index in [1.165, 1.54) is 23.1 Å². The molecule has 3 rings (SSSR count). The SMILES string of the molecule is CCn1c(C(=O)N2CCCCCC2)cc2sccc21. The molecular weight excluding hydrogens is 256 g/mol. The Hall–Kier alpha value is -1.29. The smallest absolute Gasteiger partial charge is 0.270 e. The highest BCUT2D eigenvalue weighted by molar-refractivity contribution is 7.17. The molecule has 3 nitrogen and oxygen atoms in total. The van der Waals surface area contributed by atoms with E-state index in [2.05, 4.69) is 29.0 Å². The number of carbonyl (C=O) groups excluding carboxylic acids is 1. The van der Waals surface area contributed by atoms with E-state index >= 15 is 0 Å². The molecule has 0 aromatic carbocycles. The van der Waals surface area contributed by atoms with Crippen LogP contribution in [0.2, 0.25) is 0 Å². The molecule has 2 aromatic heterocycles. The monoisotopic (exact) mass is 276 g/mol. The molecule has 102 valence electrons. The lowest BCUT2D eigenvalue weighted by Crippen LogP contribution is -2.33. The molecule has 0 N–H and O–H groups in total. The van der Waals surface area contributed by atoms with Crippen LogP contribution in [0.5, 0.6) is 0 Å². The van der Waals surface area contributed by atoms with Crippen LogP contribution >= 0.6 is 11.3 Å². The van der Waals surface area contributed by atoms with Crippen molar-refractivity contribution in [2.75, 3.05) is 13.1 Å². The van der Waals surface area contributed by atoms with Crippen LogP contribution in [-0.4, -0.2) is 28.5 Å². The van der Waals surface area contributed by atoms with E-state index in [1.807, 2.05) is 4.90 Å². The van der Waals surface area contributed by atoms with Gasteiger partial charge in [-0.25, -0.2) is 0 Å². The van der Waals surface area contributed by atoms with Gasteiger partial charge in [-0.1, -0.05) is 12.8 Å². The molecule has 0 spiro atoms. The van der Waals surface area contributed by atoms with Crippen LogP contribution in [0.4, 0.5) is 0 Å². The summed E-state index contributed by atoms with van der Waals surface area (Å²) in [5, 5.41) is 2.09. The van der Waals surface area contributed by atoms with Crippen molar-refractivity contribution in [2.45, 2.75) is 39.2 Å². The third-order valence-electron chi connectivity index (χ3n) is 3.95. The van der Waals surface area contributed by atoms with Gasteiger partial charge in [-0.05, 0) is 37.3 Å². The maximum atomic E-state index is 12.7. The molecule has 1 amide bonds. The fraction of sp³-hybridized carbons (Fsp3) is 0.533. The van der Waals surface area contributed by atoms with E-state index in [0.29, 0.717) is 0 Å². The van der Waals surface area contributed by atoms with Gasteiger partial charge in [0, 0.05) is 19.6 Å². The van der Waals surface area contributed by atoms with Gasteiger partial charge in [0.25, 0.3) is 5.91 Å². The van der Waals surface area contributed by atoms with Gasteiger partial charge >= 0.3 is 0 Å². The Kier molecular flexibility index (Phi) is 3.60. The van der Waals surface area contributed by atoms with Crippen LogP contribution in [0.3, 0.4) is 0 Å². The van der Waals surface area contributed by atoms with Gasteiger partial charge in [-0.2, -0.15) is 0 Å². The lowest BCUT2D eigenvalue weighted by Gasteiger charge is -2.21. The summed E-state index contributed by atoms with van der Waals surface area (Å²) in [5.74, 6) is 0.215. The van der Waals surface area contributed by atoms with Crippen LogP contribution in [0.1, 0.15) is 43.1 Å². The van der Waals surface area contributed by atoms with Gasteiger partial charge in [-0.15, -0.1) is 11.3 Å². The molecule has 3 heterocycles. The van der Waals surface area contributed by atoms with Gasteiger partial charge in [-0.3, -0.25) is 4.79 Å². The number of aryl methyl sites for hydroxylation is 1. The Morgan fingerprint density at radius 2 is 2.00 bits per heavy atom. The second kappa shape index (κ2) is 5.37. The molecule has 1 aliphatic heterocycles. The number of nitrogens with zero attached hydrogens (tertiary/aromatic N) is 2. The molecule has 0 aliphatic carbocycles. The minimum Gasteiger partial charge on any atom is -0.337 e. The molecule has 19 heavy (non-hydrogen) atoms. The highest BCUT2D eigenvalue weighted by atomic mass is 32.1. The molecule has 0 bridgehead atoms. The highest BCUT2D eigenvalue weighted by Crippen LogP contribution is 2.26. The summed E-state index contributed by atoms with van der Waals surface area (Å²) >= 11 is 1.71. The minimum atomic E-state index is 0.215. The Bertz CT molecular complexity index is 576. The van der Waals surface area contributed by atoms with Gasteiger partial charge < -0.3 is 9.47 Å². The topological polar surface area (TPSA) is 25.2 Å². The molecule has 0 atom stereocenters. The molecule has 0 radical (unpaired) electrons. The van der Waals surface area contributed by atoms with Crippen molar-refractivity contribution in [2.24, 2.45) is 0 Å². The van der Waals surface area contributed by atoms with Crippen molar-refractivity contribution >= 4 is 27.5 Å². The number of amides is 1. The summed E-state index contributed by atoms with van der Waals surface area (Å²) in [6.07, 6.45) is 4.81. The summed E-state index contributed by atoms with van der Waals surface area (Å²) in [4.78, 5) is 14.7. The fourth-order valence-electron chi connectivity index (χ4n) is 2.93. The summed E-state index contributed by atoms with van der Waals surface area (Å²) < 4.78 is 3.37. The average molecular weight is 276 g/mol. The second-order valence-electron chi connectivity index (χ2n) is 5.15. The number of carbonyl (C=O) groups is 1. The zero-order valence-electron chi connectivity index (χ0n) is 11.4. The molecule has 1 aliphatic rings. The standard InChI is InChI=1S/C15H20N2OS/c1-2-17-12-7-10-19-14(12)11-13(17)15(18)16-8-5-3-4-6-9-16/h7,10-11H,2-6,8-9H2,1H3. The number of aromatic nitrogens is 1. The van der Waals surface area contributed by atoms with E-state index in [4.69, 9.17) is 0 Å². The van der Waals surface area contributed by atoms with Gasteiger partial charge in [0.1, 0.15) is 5.69 Å². The number of likely N-dealkylation sites (tertiary alicyclic amines) is 1. The summed E-state index contributed by atoms with van der Waals surface area (Å²) in [6, 6.07) is 4.18. The quantitative estimate of drug-likeness (QED) is 0.820. The summed E-state index contributed by atoms with van der Waals surface area (Å²) in [5.41, 5.74) is 2.07. The predicted molar refractivity (Wildman–Crippen MR) is 79.9 cm³/mol. The molecule has 4 heteroatoms. The predicted octanol–water partition coefficient (Wildman–Crippen LogP) is 3.74. The van der Waals surface area contributed by atoms with Crippen molar-refractivity contribution in [1.29, 1.82) is 0 Å². The normalized spacial score (nSPS) is 16.8. The Morgan fingerprint density at radius 3 is 2.68 bits per heavy atom. The van der Waals surface area contributed by atoms with E-state index in [9.17, 15) is 4.79 Å².